The van der Waals surface area contributed by atoms with Crippen molar-refractivity contribution in [2.24, 2.45) is 0 Å². The predicted molar refractivity (Wildman–Crippen MR) is 128 cm³/mol. The Kier molecular flexibility index (Phi) is 8.28. The molecule has 0 bridgehead atoms. The fourth-order valence-corrected chi connectivity index (χ4v) is 5.12. The number of ether oxygens (including phenoxy) is 1. The molecular weight excluding hydrogens is 439 g/mol. The van der Waals surface area contributed by atoms with Gasteiger partial charge in [0, 0.05) is 22.7 Å². The Bertz CT molecular complexity index is 1010. The van der Waals surface area contributed by atoms with Gasteiger partial charge in [-0.2, -0.15) is 0 Å². The van der Waals surface area contributed by atoms with Crippen LogP contribution in [0.3, 0.4) is 0 Å². The zero-order valence-electron chi connectivity index (χ0n) is 17.6. The SMILES string of the molecule is COCC(CCCCCSc1ccc(Cl)cc1Cl)n1cnc2c(N)nc(C)c(C)c21. The van der Waals surface area contributed by atoms with Gasteiger partial charge in [-0.15, -0.1) is 11.8 Å². The molecule has 162 valence electrons. The Labute approximate surface area is 192 Å². The number of nitrogen functional groups attached to an aromatic ring is 1. The second kappa shape index (κ2) is 10.7. The van der Waals surface area contributed by atoms with Crippen molar-refractivity contribution in [1.29, 1.82) is 0 Å². The summed E-state index contributed by atoms with van der Waals surface area (Å²) < 4.78 is 7.72. The molecule has 0 saturated heterocycles. The number of nitrogens with two attached hydrogens (primary N) is 1. The molecule has 1 aromatic carbocycles. The van der Waals surface area contributed by atoms with Crippen molar-refractivity contribution in [3.05, 3.63) is 45.8 Å². The molecule has 0 amide bonds. The molecule has 0 spiro atoms. The van der Waals surface area contributed by atoms with Crippen molar-refractivity contribution in [3.63, 3.8) is 0 Å². The van der Waals surface area contributed by atoms with Gasteiger partial charge in [0.15, 0.2) is 5.82 Å². The number of nitrogens with zero attached hydrogens (tertiary/aromatic N) is 3. The van der Waals surface area contributed by atoms with E-state index in [1.807, 2.05) is 25.4 Å². The summed E-state index contributed by atoms with van der Waals surface area (Å²) in [5, 5.41) is 1.39. The zero-order valence-corrected chi connectivity index (χ0v) is 19.9. The molecule has 0 aliphatic rings. The van der Waals surface area contributed by atoms with Crippen LogP contribution in [0.1, 0.15) is 43.0 Å². The van der Waals surface area contributed by atoms with Gasteiger partial charge in [0.1, 0.15) is 5.52 Å². The third kappa shape index (κ3) is 5.41. The first-order valence-corrected chi connectivity index (χ1v) is 11.8. The lowest BCUT2D eigenvalue weighted by molar-refractivity contribution is 0.151. The van der Waals surface area contributed by atoms with Gasteiger partial charge in [-0.1, -0.05) is 36.0 Å². The van der Waals surface area contributed by atoms with E-state index < -0.39 is 0 Å². The highest BCUT2D eigenvalue weighted by Gasteiger charge is 2.18. The molecule has 3 aromatic rings. The molecule has 2 aromatic heterocycles. The lowest BCUT2D eigenvalue weighted by Crippen LogP contribution is -2.15. The Hall–Kier alpha value is -1.47. The minimum atomic E-state index is 0.221. The number of rotatable bonds is 10. The summed E-state index contributed by atoms with van der Waals surface area (Å²) in [6.07, 6.45) is 6.28. The van der Waals surface area contributed by atoms with E-state index in [-0.39, 0.29) is 6.04 Å². The van der Waals surface area contributed by atoms with Gasteiger partial charge >= 0.3 is 0 Å². The molecule has 1 atom stereocenters. The number of halogens is 2. The maximum atomic E-state index is 6.24. The van der Waals surface area contributed by atoms with Crippen LogP contribution in [0.25, 0.3) is 11.0 Å². The second-order valence-corrected chi connectivity index (χ2v) is 9.42. The molecule has 3 rings (SSSR count). The number of pyridine rings is 1. The van der Waals surface area contributed by atoms with Crippen LogP contribution >= 0.6 is 35.0 Å². The van der Waals surface area contributed by atoms with E-state index in [0.29, 0.717) is 17.4 Å². The molecule has 1 unspecified atom stereocenters. The van der Waals surface area contributed by atoms with Crippen LogP contribution in [-0.4, -0.2) is 34.0 Å². The Morgan fingerprint density at radius 2 is 2.00 bits per heavy atom. The average molecular weight is 467 g/mol. The summed E-state index contributed by atoms with van der Waals surface area (Å²) in [7, 11) is 1.74. The van der Waals surface area contributed by atoms with Gasteiger partial charge in [-0.25, -0.2) is 9.97 Å². The maximum absolute atomic E-state index is 6.24. The summed E-state index contributed by atoms with van der Waals surface area (Å²) in [5.41, 5.74) is 10.00. The normalized spacial score (nSPS) is 12.6. The Balaban J connectivity index is 1.57. The van der Waals surface area contributed by atoms with Crippen LogP contribution in [0.2, 0.25) is 10.0 Å². The van der Waals surface area contributed by atoms with E-state index in [9.17, 15) is 0 Å². The van der Waals surface area contributed by atoms with E-state index in [4.69, 9.17) is 33.7 Å². The minimum Gasteiger partial charge on any atom is -0.383 e. The van der Waals surface area contributed by atoms with Crippen LogP contribution in [0.5, 0.6) is 0 Å². The van der Waals surface area contributed by atoms with Crippen LogP contribution in [0.15, 0.2) is 29.4 Å². The summed E-state index contributed by atoms with van der Waals surface area (Å²) >= 11 is 14.0. The summed E-state index contributed by atoms with van der Waals surface area (Å²) in [6.45, 7) is 4.70. The first-order chi connectivity index (χ1) is 14.4. The Morgan fingerprint density at radius 1 is 1.20 bits per heavy atom. The van der Waals surface area contributed by atoms with Gasteiger partial charge in [0.2, 0.25) is 0 Å². The van der Waals surface area contributed by atoms with Crippen LogP contribution < -0.4 is 5.73 Å². The fraction of sp³-hybridized carbons (Fsp3) is 0.455. The molecule has 2 heterocycles. The van der Waals surface area contributed by atoms with Crippen molar-refractivity contribution in [1.82, 2.24) is 14.5 Å². The maximum Gasteiger partial charge on any atom is 0.151 e. The number of aromatic nitrogens is 3. The lowest BCUT2D eigenvalue weighted by atomic mass is 10.1. The van der Waals surface area contributed by atoms with Gasteiger partial charge in [-0.05, 0) is 56.2 Å². The van der Waals surface area contributed by atoms with Crippen molar-refractivity contribution >= 4 is 51.8 Å². The van der Waals surface area contributed by atoms with Gasteiger partial charge in [-0.3, -0.25) is 0 Å². The summed E-state index contributed by atoms with van der Waals surface area (Å²) in [6, 6.07) is 5.88. The molecule has 0 saturated carbocycles. The first-order valence-electron chi connectivity index (χ1n) is 10.1. The summed E-state index contributed by atoms with van der Waals surface area (Å²) in [5.74, 6) is 1.52. The highest BCUT2D eigenvalue weighted by Crippen LogP contribution is 2.31. The predicted octanol–water partition coefficient (Wildman–Crippen LogP) is 6.48. The zero-order chi connectivity index (χ0) is 21.7. The highest BCUT2D eigenvalue weighted by atomic mass is 35.5. The third-order valence-corrected chi connectivity index (χ3v) is 7.13. The topological polar surface area (TPSA) is 66.0 Å². The number of benzene rings is 1. The number of fused-ring (bicyclic) bond motifs is 1. The molecule has 0 aliphatic carbocycles. The lowest BCUT2D eigenvalue weighted by Gasteiger charge is -2.20. The third-order valence-electron chi connectivity index (χ3n) is 5.31. The number of hydrogen-bond acceptors (Lipinski definition) is 5. The molecule has 0 radical (unpaired) electrons. The van der Waals surface area contributed by atoms with Crippen LogP contribution in [0, 0.1) is 13.8 Å². The standard InChI is InChI=1S/C22H28Cl2N4OS/c1-14-15(2)27-22(25)20-21(14)28(13-26-20)17(12-29-3)7-5-4-6-10-30-19-9-8-16(23)11-18(19)24/h8-9,11,13,17H,4-7,10,12H2,1-3H3,(H2,25,27). The quantitative estimate of drug-likeness (QED) is 0.273. The molecule has 0 fully saturated rings. The molecule has 0 aliphatic heterocycles. The highest BCUT2D eigenvalue weighted by molar-refractivity contribution is 7.99. The molecule has 8 heteroatoms. The number of thioether (sulfide) groups is 1. The van der Waals surface area contributed by atoms with E-state index in [1.54, 1.807) is 24.9 Å². The monoisotopic (exact) mass is 466 g/mol. The van der Waals surface area contributed by atoms with Crippen molar-refractivity contribution in [2.45, 2.75) is 50.5 Å². The van der Waals surface area contributed by atoms with Gasteiger partial charge < -0.3 is 15.0 Å². The largest absolute Gasteiger partial charge is 0.383 e. The number of aryl methyl sites for hydroxylation is 2. The van der Waals surface area contributed by atoms with Gasteiger partial charge in [0.05, 0.1) is 29.5 Å². The molecular formula is C22H28Cl2N4OS. The summed E-state index contributed by atoms with van der Waals surface area (Å²) in [4.78, 5) is 10.0. The molecule has 30 heavy (non-hydrogen) atoms. The van der Waals surface area contributed by atoms with Gasteiger partial charge in [0.25, 0.3) is 0 Å². The van der Waals surface area contributed by atoms with Crippen molar-refractivity contribution in [2.75, 3.05) is 25.2 Å². The number of unbranched alkanes of at least 4 members (excludes halogenated alkanes) is 2. The fourth-order valence-electron chi connectivity index (χ4n) is 3.61. The molecule has 2 N–H and O–H groups in total. The number of methoxy groups -OCH3 is 1. The van der Waals surface area contributed by atoms with Crippen molar-refractivity contribution < 1.29 is 4.74 Å². The van der Waals surface area contributed by atoms with Crippen molar-refractivity contribution in [3.8, 4) is 0 Å². The van der Waals surface area contributed by atoms with E-state index >= 15 is 0 Å². The number of imidazole rings is 1. The van der Waals surface area contributed by atoms with E-state index in [1.165, 1.54) is 0 Å². The molecule has 5 nitrogen and oxygen atoms in total. The second-order valence-electron chi connectivity index (χ2n) is 7.44. The Morgan fingerprint density at radius 3 is 2.73 bits per heavy atom. The smallest absolute Gasteiger partial charge is 0.151 e. The average Bonchev–Trinajstić information content (AvgIpc) is 3.15. The van der Waals surface area contributed by atoms with E-state index in [2.05, 4.69) is 21.5 Å². The number of hydrogen-bond donors (Lipinski definition) is 1. The number of anilines is 1. The first kappa shape index (κ1) is 23.2. The minimum absolute atomic E-state index is 0.221. The van der Waals surface area contributed by atoms with Crippen LogP contribution in [0.4, 0.5) is 5.82 Å². The van der Waals surface area contributed by atoms with E-state index in [0.717, 1.165) is 63.6 Å². The van der Waals surface area contributed by atoms with Crippen LogP contribution in [-0.2, 0) is 4.74 Å².